The van der Waals surface area contributed by atoms with Crippen molar-refractivity contribution in [1.82, 2.24) is 9.97 Å². The maximum absolute atomic E-state index is 8.85. The minimum atomic E-state index is 0.172. The zero-order valence-corrected chi connectivity index (χ0v) is 9.48. The summed E-state index contributed by atoms with van der Waals surface area (Å²) < 4.78 is 0. The van der Waals surface area contributed by atoms with Crippen LogP contribution in [0.3, 0.4) is 0 Å². The zero-order valence-electron chi connectivity index (χ0n) is 9.48. The van der Waals surface area contributed by atoms with E-state index in [1.165, 1.54) is 0 Å². The van der Waals surface area contributed by atoms with Crippen molar-refractivity contribution in [2.75, 3.05) is 29.9 Å². The first-order chi connectivity index (χ1) is 7.61. The van der Waals surface area contributed by atoms with E-state index in [1.54, 1.807) is 6.07 Å². The number of hydrogen-bond donors (Lipinski definition) is 4. The van der Waals surface area contributed by atoms with Gasteiger partial charge in [0.1, 0.15) is 11.6 Å². The third-order valence-electron chi connectivity index (χ3n) is 2.25. The second-order valence-electron chi connectivity index (χ2n) is 3.89. The van der Waals surface area contributed by atoms with Crippen molar-refractivity contribution >= 4 is 17.6 Å². The van der Waals surface area contributed by atoms with Crippen molar-refractivity contribution in [2.45, 2.75) is 19.8 Å². The van der Waals surface area contributed by atoms with Crippen LogP contribution in [0.15, 0.2) is 6.07 Å². The van der Waals surface area contributed by atoms with E-state index in [1.807, 2.05) is 6.92 Å². The smallest absolute Gasteiger partial charge is 0.223 e. The maximum atomic E-state index is 8.85. The van der Waals surface area contributed by atoms with Gasteiger partial charge in [0.05, 0.1) is 0 Å². The number of aliphatic hydroxyl groups excluding tert-OH is 1. The van der Waals surface area contributed by atoms with E-state index in [4.69, 9.17) is 16.6 Å². The minimum Gasteiger partial charge on any atom is -0.396 e. The van der Waals surface area contributed by atoms with Gasteiger partial charge in [0.25, 0.3) is 0 Å². The van der Waals surface area contributed by atoms with E-state index in [0.717, 1.165) is 19.4 Å². The molecule has 1 unspecified atom stereocenters. The van der Waals surface area contributed by atoms with Crippen LogP contribution < -0.4 is 16.8 Å². The highest BCUT2D eigenvalue weighted by Gasteiger charge is 2.01. The number of nitrogens with zero attached hydrogens (tertiary/aromatic N) is 2. The van der Waals surface area contributed by atoms with Crippen molar-refractivity contribution in [3.05, 3.63) is 6.07 Å². The number of anilines is 3. The lowest BCUT2D eigenvalue weighted by Crippen LogP contribution is -2.09. The van der Waals surface area contributed by atoms with Crippen LogP contribution in [0.1, 0.15) is 19.8 Å². The molecule has 6 N–H and O–H groups in total. The van der Waals surface area contributed by atoms with Gasteiger partial charge in [-0.3, -0.25) is 0 Å². The third-order valence-corrected chi connectivity index (χ3v) is 2.25. The van der Waals surface area contributed by atoms with Crippen LogP contribution in [0.4, 0.5) is 17.6 Å². The molecule has 0 fully saturated rings. The van der Waals surface area contributed by atoms with Crippen LogP contribution in [0.5, 0.6) is 0 Å². The molecule has 16 heavy (non-hydrogen) atoms. The highest BCUT2D eigenvalue weighted by atomic mass is 16.3. The molecule has 90 valence electrons. The Bertz CT molecular complexity index is 311. The molecule has 0 bridgehead atoms. The number of aromatic nitrogens is 2. The molecule has 0 saturated carbocycles. The van der Waals surface area contributed by atoms with Crippen molar-refractivity contribution < 1.29 is 5.11 Å². The van der Waals surface area contributed by atoms with Gasteiger partial charge in [0.15, 0.2) is 0 Å². The Morgan fingerprint density at radius 3 is 2.81 bits per heavy atom. The highest BCUT2D eigenvalue weighted by molar-refractivity contribution is 5.48. The van der Waals surface area contributed by atoms with Crippen LogP contribution in [-0.2, 0) is 0 Å². The first-order valence-corrected chi connectivity index (χ1v) is 5.36. The van der Waals surface area contributed by atoms with E-state index < -0.39 is 0 Å². The van der Waals surface area contributed by atoms with Gasteiger partial charge in [-0.25, -0.2) is 0 Å². The molecule has 0 radical (unpaired) electrons. The molecule has 0 aliphatic rings. The maximum Gasteiger partial charge on any atom is 0.223 e. The van der Waals surface area contributed by atoms with Crippen molar-refractivity contribution in [3.63, 3.8) is 0 Å². The molecule has 6 nitrogen and oxygen atoms in total. The summed E-state index contributed by atoms with van der Waals surface area (Å²) in [5.74, 6) is 1.51. The lowest BCUT2D eigenvalue weighted by molar-refractivity contribution is 0.229. The predicted molar refractivity (Wildman–Crippen MR) is 64.8 cm³/mol. The van der Waals surface area contributed by atoms with Gasteiger partial charge in [-0.05, 0) is 18.8 Å². The Morgan fingerprint density at radius 1 is 1.44 bits per heavy atom. The van der Waals surface area contributed by atoms with Crippen molar-refractivity contribution in [3.8, 4) is 0 Å². The standard InChI is InChI=1S/C10H19N5O/c1-7(6-16)3-2-4-13-9-5-8(11)14-10(12)15-9/h5,7,16H,2-4,6H2,1H3,(H5,11,12,13,14,15). The Kier molecular flexibility index (Phi) is 4.78. The van der Waals surface area contributed by atoms with Crippen LogP contribution in [0.2, 0.25) is 0 Å². The van der Waals surface area contributed by atoms with Gasteiger partial charge in [-0.2, -0.15) is 9.97 Å². The van der Waals surface area contributed by atoms with Crippen LogP contribution >= 0.6 is 0 Å². The first-order valence-electron chi connectivity index (χ1n) is 5.36. The normalized spacial score (nSPS) is 12.4. The fourth-order valence-electron chi connectivity index (χ4n) is 1.33. The number of nitrogens with two attached hydrogens (primary N) is 2. The Morgan fingerprint density at radius 2 is 2.19 bits per heavy atom. The summed E-state index contributed by atoms with van der Waals surface area (Å²) in [5, 5.41) is 12.0. The number of nitrogen functional groups attached to an aromatic ring is 2. The van der Waals surface area contributed by atoms with Crippen molar-refractivity contribution in [1.29, 1.82) is 0 Å². The summed E-state index contributed by atoms with van der Waals surface area (Å²) in [4.78, 5) is 7.77. The van der Waals surface area contributed by atoms with Crippen LogP contribution in [0.25, 0.3) is 0 Å². The summed E-state index contributed by atoms with van der Waals surface area (Å²) in [6.45, 7) is 3.02. The van der Waals surface area contributed by atoms with Gasteiger partial charge >= 0.3 is 0 Å². The van der Waals surface area contributed by atoms with Gasteiger partial charge in [-0.15, -0.1) is 0 Å². The Balaban J connectivity index is 2.32. The van der Waals surface area contributed by atoms with E-state index >= 15 is 0 Å². The predicted octanol–water partition coefficient (Wildman–Crippen LogP) is 0.461. The third kappa shape index (κ3) is 4.31. The molecule has 1 atom stereocenters. The molecule has 1 aromatic rings. The number of hydrogen-bond acceptors (Lipinski definition) is 6. The summed E-state index contributed by atoms with van der Waals surface area (Å²) in [6.07, 6.45) is 1.94. The van der Waals surface area contributed by atoms with Gasteiger partial charge in [0, 0.05) is 19.2 Å². The minimum absolute atomic E-state index is 0.172. The van der Waals surface area contributed by atoms with Crippen LogP contribution in [0, 0.1) is 5.92 Å². The molecule has 1 heterocycles. The van der Waals surface area contributed by atoms with Gasteiger partial charge in [-0.1, -0.05) is 6.92 Å². The van der Waals surface area contributed by atoms with Gasteiger partial charge < -0.3 is 21.9 Å². The summed E-state index contributed by atoms with van der Waals surface area (Å²) >= 11 is 0. The summed E-state index contributed by atoms with van der Waals surface area (Å²) in [5.41, 5.74) is 11.0. The number of rotatable bonds is 6. The largest absolute Gasteiger partial charge is 0.396 e. The Hall–Kier alpha value is -1.56. The van der Waals surface area contributed by atoms with Crippen LogP contribution in [-0.4, -0.2) is 28.2 Å². The van der Waals surface area contributed by atoms with Gasteiger partial charge in [0.2, 0.25) is 5.95 Å². The monoisotopic (exact) mass is 225 g/mol. The molecule has 0 saturated heterocycles. The quantitative estimate of drug-likeness (QED) is 0.524. The van der Waals surface area contributed by atoms with Crippen molar-refractivity contribution in [2.24, 2.45) is 5.92 Å². The van der Waals surface area contributed by atoms with E-state index in [9.17, 15) is 0 Å². The van der Waals surface area contributed by atoms with E-state index in [-0.39, 0.29) is 12.6 Å². The molecule has 6 heteroatoms. The fraction of sp³-hybridized carbons (Fsp3) is 0.600. The second-order valence-corrected chi connectivity index (χ2v) is 3.89. The second kappa shape index (κ2) is 6.12. The number of aliphatic hydroxyl groups is 1. The topological polar surface area (TPSA) is 110 Å². The Labute approximate surface area is 95.1 Å². The number of nitrogens with one attached hydrogen (secondary N) is 1. The average Bonchev–Trinajstić information content (AvgIpc) is 2.22. The molecule has 1 rings (SSSR count). The first kappa shape index (κ1) is 12.5. The molecule has 0 spiro atoms. The molecule has 0 aliphatic heterocycles. The molecule has 0 aromatic carbocycles. The SMILES string of the molecule is CC(CO)CCCNc1cc(N)nc(N)n1. The summed E-state index contributed by atoms with van der Waals surface area (Å²) in [6, 6.07) is 1.64. The summed E-state index contributed by atoms with van der Waals surface area (Å²) in [7, 11) is 0. The molecule has 0 amide bonds. The fourth-order valence-corrected chi connectivity index (χ4v) is 1.33. The molecule has 1 aromatic heterocycles. The molecule has 0 aliphatic carbocycles. The van der Waals surface area contributed by atoms with E-state index in [0.29, 0.717) is 17.6 Å². The lowest BCUT2D eigenvalue weighted by atomic mass is 10.1. The average molecular weight is 225 g/mol. The van der Waals surface area contributed by atoms with E-state index in [2.05, 4.69) is 15.3 Å². The lowest BCUT2D eigenvalue weighted by Gasteiger charge is -2.09. The molecular formula is C10H19N5O. The molecular weight excluding hydrogens is 206 g/mol. The zero-order chi connectivity index (χ0) is 12.0. The highest BCUT2D eigenvalue weighted by Crippen LogP contribution is 2.10.